The number of thiophene rings is 1. The second-order valence-corrected chi connectivity index (χ2v) is 6.69. The normalized spacial score (nSPS) is 16.8. The molecule has 0 radical (unpaired) electrons. The fourth-order valence-electron chi connectivity index (χ4n) is 2.89. The van der Waals surface area contributed by atoms with Crippen molar-refractivity contribution >= 4 is 23.2 Å². The Kier molecular flexibility index (Phi) is 5.36. The molecule has 0 atom stereocenters. The lowest BCUT2D eigenvalue weighted by Gasteiger charge is -2.28. The third-order valence-electron chi connectivity index (χ3n) is 4.17. The second-order valence-electron chi connectivity index (χ2n) is 5.60. The monoisotopic (exact) mass is 311 g/mol. The number of hydrogen-bond acceptors (Lipinski definition) is 4. The van der Waals surface area contributed by atoms with E-state index in [1.165, 1.54) is 18.9 Å². The molecule has 0 spiro atoms. The maximum atomic E-state index is 12.1. The number of aromatic carboxylic acids is 1. The van der Waals surface area contributed by atoms with E-state index in [4.69, 9.17) is 9.84 Å². The molecule has 0 bridgehead atoms. The van der Waals surface area contributed by atoms with Crippen LogP contribution in [0.25, 0.3) is 0 Å². The molecule has 1 aromatic heterocycles. The van der Waals surface area contributed by atoms with Gasteiger partial charge >= 0.3 is 5.97 Å². The van der Waals surface area contributed by atoms with Gasteiger partial charge in [0.1, 0.15) is 4.88 Å². The summed E-state index contributed by atoms with van der Waals surface area (Å²) in [5, 5.41) is 11.9. The Bertz CT molecular complexity index is 506. The Hall–Kier alpha value is -1.40. The largest absolute Gasteiger partial charge is 0.477 e. The molecule has 1 heterocycles. The molecule has 0 aromatic carbocycles. The van der Waals surface area contributed by atoms with Gasteiger partial charge in [-0.15, -0.1) is 11.3 Å². The van der Waals surface area contributed by atoms with Crippen LogP contribution in [0.5, 0.6) is 0 Å². The molecular weight excluding hydrogens is 290 g/mol. The summed E-state index contributed by atoms with van der Waals surface area (Å²) in [5.41, 5.74) is 0.137. The number of hydrogen-bond donors (Lipinski definition) is 2. The molecule has 1 amide bonds. The van der Waals surface area contributed by atoms with Crippen LogP contribution in [0.4, 0.5) is 0 Å². The maximum absolute atomic E-state index is 12.1. The third-order valence-corrected chi connectivity index (χ3v) is 5.24. The first-order valence-corrected chi connectivity index (χ1v) is 7.98. The van der Waals surface area contributed by atoms with Crippen LogP contribution < -0.4 is 5.32 Å². The minimum Gasteiger partial charge on any atom is -0.477 e. The van der Waals surface area contributed by atoms with E-state index in [2.05, 4.69) is 5.32 Å². The van der Waals surface area contributed by atoms with Gasteiger partial charge in [-0.25, -0.2) is 4.79 Å². The molecule has 1 aliphatic carbocycles. The summed E-state index contributed by atoms with van der Waals surface area (Å²) in [5.74, 6) is -1.18. The van der Waals surface area contributed by atoms with Crippen LogP contribution in [0.15, 0.2) is 12.1 Å². The van der Waals surface area contributed by atoms with Crippen LogP contribution in [0.1, 0.15) is 51.4 Å². The average Bonchev–Trinajstić information content (AvgIpc) is 3.12. The summed E-state index contributed by atoms with van der Waals surface area (Å²) in [7, 11) is 1.69. The van der Waals surface area contributed by atoms with Crippen molar-refractivity contribution in [3.8, 4) is 0 Å². The predicted molar refractivity (Wildman–Crippen MR) is 81.0 cm³/mol. The van der Waals surface area contributed by atoms with Gasteiger partial charge in [-0.3, -0.25) is 4.79 Å². The lowest BCUT2D eigenvalue weighted by molar-refractivity contribution is 0.0702. The molecule has 2 rings (SSSR count). The van der Waals surface area contributed by atoms with Gasteiger partial charge in [0.15, 0.2) is 0 Å². The van der Waals surface area contributed by atoms with Crippen LogP contribution >= 0.6 is 11.3 Å². The SMILES string of the molecule is COCCC1(CNC(=O)c2ccc(C(=O)O)s2)CCCC1. The number of carboxylic acid groups (broad SMARTS) is 1. The summed E-state index contributed by atoms with van der Waals surface area (Å²) < 4.78 is 5.17. The first-order valence-electron chi connectivity index (χ1n) is 7.17. The van der Waals surface area contributed by atoms with Crippen molar-refractivity contribution in [3.05, 3.63) is 21.9 Å². The fraction of sp³-hybridized carbons (Fsp3) is 0.600. The minimum atomic E-state index is -0.994. The summed E-state index contributed by atoms with van der Waals surface area (Å²) >= 11 is 1.01. The number of amides is 1. The molecule has 6 heteroatoms. The van der Waals surface area contributed by atoms with Crippen molar-refractivity contribution in [3.63, 3.8) is 0 Å². The predicted octanol–water partition coefficient (Wildman–Crippen LogP) is 2.77. The van der Waals surface area contributed by atoms with E-state index in [-0.39, 0.29) is 16.2 Å². The standard InChI is InChI=1S/C15H21NO4S/c1-20-9-8-15(6-2-3-7-15)10-16-13(17)11-4-5-12(21-11)14(18)19/h4-5H,2-3,6-10H2,1H3,(H,16,17)(H,18,19). The summed E-state index contributed by atoms with van der Waals surface area (Å²) in [6.07, 6.45) is 5.57. The minimum absolute atomic E-state index is 0.137. The third kappa shape index (κ3) is 4.04. The average molecular weight is 311 g/mol. The van der Waals surface area contributed by atoms with Crippen molar-refractivity contribution in [2.45, 2.75) is 32.1 Å². The van der Waals surface area contributed by atoms with E-state index in [1.807, 2.05) is 0 Å². The molecule has 1 fully saturated rings. The highest BCUT2D eigenvalue weighted by atomic mass is 32.1. The van der Waals surface area contributed by atoms with Gasteiger partial charge in [-0.2, -0.15) is 0 Å². The van der Waals surface area contributed by atoms with E-state index in [0.29, 0.717) is 18.0 Å². The first-order chi connectivity index (χ1) is 10.1. The zero-order valence-electron chi connectivity index (χ0n) is 12.2. The number of nitrogens with one attached hydrogen (secondary N) is 1. The van der Waals surface area contributed by atoms with Gasteiger partial charge in [-0.05, 0) is 36.8 Å². The van der Waals surface area contributed by atoms with E-state index >= 15 is 0 Å². The van der Waals surface area contributed by atoms with Crippen LogP contribution in [0.3, 0.4) is 0 Å². The highest BCUT2D eigenvalue weighted by molar-refractivity contribution is 7.15. The Labute approximate surface area is 128 Å². The smallest absolute Gasteiger partial charge is 0.345 e. The Morgan fingerprint density at radius 2 is 2.00 bits per heavy atom. The molecule has 0 aliphatic heterocycles. The summed E-state index contributed by atoms with van der Waals surface area (Å²) in [4.78, 5) is 23.6. The van der Waals surface area contributed by atoms with Gasteiger partial charge in [0.05, 0.1) is 4.88 Å². The van der Waals surface area contributed by atoms with E-state index in [1.54, 1.807) is 13.2 Å². The van der Waals surface area contributed by atoms with Crippen molar-refractivity contribution in [1.29, 1.82) is 0 Å². The van der Waals surface area contributed by atoms with Gasteiger partial charge < -0.3 is 15.2 Å². The fourth-order valence-corrected chi connectivity index (χ4v) is 3.65. The second kappa shape index (κ2) is 7.04. The molecule has 0 unspecified atom stereocenters. The highest BCUT2D eigenvalue weighted by Crippen LogP contribution is 2.40. The Morgan fingerprint density at radius 1 is 1.33 bits per heavy atom. The van der Waals surface area contributed by atoms with Gasteiger partial charge in [-0.1, -0.05) is 12.8 Å². The molecule has 21 heavy (non-hydrogen) atoms. The zero-order valence-corrected chi connectivity index (χ0v) is 13.0. The Balaban J connectivity index is 1.93. The molecule has 0 saturated heterocycles. The van der Waals surface area contributed by atoms with E-state index in [0.717, 1.165) is 30.6 Å². The van der Waals surface area contributed by atoms with E-state index in [9.17, 15) is 9.59 Å². The molecule has 1 saturated carbocycles. The number of carbonyl (C=O) groups excluding carboxylic acids is 1. The highest BCUT2D eigenvalue weighted by Gasteiger charge is 2.33. The van der Waals surface area contributed by atoms with Crippen LogP contribution in [0, 0.1) is 5.41 Å². The van der Waals surface area contributed by atoms with Crippen LogP contribution in [0.2, 0.25) is 0 Å². The van der Waals surface area contributed by atoms with Crippen molar-refractivity contribution < 1.29 is 19.4 Å². The molecule has 1 aromatic rings. The number of methoxy groups -OCH3 is 1. The molecule has 5 nitrogen and oxygen atoms in total. The first kappa shape index (κ1) is 16.0. The van der Waals surface area contributed by atoms with E-state index < -0.39 is 5.97 Å². The molecule has 1 aliphatic rings. The zero-order chi connectivity index (χ0) is 15.3. The molecular formula is C15H21NO4S. The molecule has 2 N–H and O–H groups in total. The number of ether oxygens (including phenoxy) is 1. The van der Waals surface area contributed by atoms with Crippen LogP contribution in [-0.4, -0.2) is 37.2 Å². The lowest BCUT2D eigenvalue weighted by Crippen LogP contribution is -2.36. The van der Waals surface area contributed by atoms with Crippen molar-refractivity contribution in [2.24, 2.45) is 5.41 Å². The number of carboxylic acids is 1. The number of rotatable bonds is 7. The Morgan fingerprint density at radius 3 is 2.57 bits per heavy atom. The number of carbonyl (C=O) groups is 2. The van der Waals surface area contributed by atoms with Gasteiger partial charge in [0.25, 0.3) is 5.91 Å². The van der Waals surface area contributed by atoms with Crippen LogP contribution in [-0.2, 0) is 4.74 Å². The van der Waals surface area contributed by atoms with Crippen molar-refractivity contribution in [1.82, 2.24) is 5.32 Å². The van der Waals surface area contributed by atoms with Crippen molar-refractivity contribution in [2.75, 3.05) is 20.3 Å². The van der Waals surface area contributed by atoms with Gasteiger partial charge in [0.2, 0.25) is 0 Å². The quantitative estimate of drug-likeness (QED) is 0.812. The lowest BCUT2D eigenvalue weighted by atomic mass is 9.83. The summed E-state index contributed by atoms with van der Waals surface area (Å²) in [6, 6.07) is 3.04. The summed E-state index contributed by atoms with van der Waals surface area (Å²) in [6.45, 7) is 1.34. The van der Waals surface area contributed by atoms with Gasteiger partial charge in [0, 0.05) is 20.3 Å². The maximum Gasteiger partial charge on any atom is 0.345 e. The topological polar surface area (TPSA) is 75.6 Å². The molecule has 116 valence electrons.